The van der Waals surface area contributed by atoms with Crippen LogP contribution in [0.1, 0.15) is 71.1 Å². The summed E-state index contributed by atoms with van der Waals surface area (Å²) in [5.41, 5.74) is -0.429. The summed E-state index contributed by atoms with van der Waals surface area (Å²) < 4.78 is 6.47. The number of aliphatic carboxylic acids is 1. The number of ether oxygens (including phenoxy) is 1. The van der Waals surface area contributed by atoms with E-state index in [9.17, 15) is 15.0 Å². The summed E-state index contributed by atoms with van der Waals surface area (Å²) in [6.45, 7) is 2.17. The van der Waals surface area contributed by atoms with Crippen molar-refractivity contribution in [3.8, 4) is 0 Å². The maximum Gasteiger partial charge on any atom is 0.309 e. The smallest absolute Gasteiger partial charge is 0.309 e. The van der Waals surface area contributed by atoms with Crippen LogP contribution in [0.3, 0.4) is 0 Å². The van der Waals surface area contributed by atoms with Gasteiger partial charge in [-0.15, -0.1) is 0 Å². The third kappa shape index (κ3) is 4.58. The van der Waals surface area contributed by atoms with E-state index < -0.39 is 11.6 Å². The molecular formula is C22H34O4. The molecule has 146 valence electrons. The lowest BCUT2D eigenvalue weighted by Crippen LogP contribution is -2.30. The lowest BCUT2D eigenvalue weighted by molar-refractivity contribution is -0.143. The van der Waals surface area contributed by atoms with Gasteiger partial charge in [-0.1, -0.05) is 50.5 Å². The SMILES string of the molecule is CCCCC[C@H](O)C=C[C@H]1CC[C@@H]2OC3(CCC=CC[C@@H]21)CC3C(=O)O. The first-order valence-corrected chi connectivity index (χ1v) is 10.5. The quantitative estimate of drug-likeness (QED) is 0.518. The second kappa shape index (κ2) is 8.71. The standard InChI is InChI=1S/C22H34O4/c1-2-3-5-8-17(23)12-10-16-11-13-20-18(16)9-6-4-7-14-22(26-20)15-19(22)21(24)25/h4,6,10,12,16-20,23H,2-3,5,7-9,11,13-15H2,1H3,(H,24,25)/t16-,17-,18+,19?,20-,22?/m0/s1. The molecule has 0 aromatic heterocycles. The number of rotatable bonds is 7. The number of fused-ring (bicyclic) bond motifs is 1. The molecule has 6 atom stereocenters. The molecule has 2 N–H and O–H groups in total. The third-order valence-electron chi connectivity index (χ3n) is 6.51. The minimum Gasteiger partial charge on any atom is -0.481 e. The number of aliphatic hydroxyl groups excluding tert-OH is 1. The summed E-state index contributed by atoms with van der Waals surface area (Å²) in [6, 6.07) is 0. The molecule has 1 heterocycles. The zero-order valence-corrected chi connectivity index (χ0v) is 16.0. The number of allylic oxidation sites excluding steroid dienone is 3. The van der Waals surface area contributed by atoms with Crippen LogP contribution >= 0.6 is 0 Å². The van der Waals surface area contributed by atoms with Crippen LogP contribution in [0.15, 0.2) is 24.3 Å². The summed E-state index contributed by atoms with van der Waals surface area (Å²) in [4.78, 5) is 11.4. The summed E-state index contributed by atoms with van der Waals surface area (Å²) in [5, 5.41) is 19.6. The highest BCUT2D eigenvalue weighted by atomic mass is 16.5. The van der Waals surface area contributed by atoms with Gasteiger partial charge in [0.25, 0.3) is 0 Å². The van der Waals surface area contributed by atoms with E-state index in [-0.39, 0.29) is 18.1 Å². The number of aliphatic hydroxyl groups is 1. The Morgan fingerprint density at radius 2 is 2.19 bits per heavy atom. The van der Waals surface area contributed by atoms with Crippen molar-refractivity contribution >= 4 is 5.97 Å². The Morgan fingerprint density at radius 1 is 1.35 bits per heavy atom. The van der Waals surface area contributed by atoms with E-state index >= 15 is 0 Å². The lowest BCUT2D eigenvalue weighted by Gasteiger charge is -2.27. The molecule has 0 saturated heterocycles. The fourth-order valence-electron chi connectivity index (χ4n) is 4.81. The van der Waals surface area contributed by atoms with Gasteiger partial charge >= 0.3 is 5.97 Å². The molecule has 1 aliphatic heterocycles. The van der Waals surface area contributed by atoms with E-state index in [4.69, 9.17) is 4.74 Å². The van der Waals surface area contributed by atoms with Gasteiger partial charge in [0.2, 0.25) is 0 Å². The molecule has 26 heavy (non-hydrogen) atoms. The highest BCUT2D eigenvalue weighted by Gasteiger charge is 2.61. The van der Waals surface area contributed by atoms with Gasteiger partial charge in [0.1, 0.15) is 0 Å². The maximum absolute atomic E-state index is 11.4. The Labute approximate surface area is 157 Å². The molecule has 2 saturated carbocycles. The average Bonchev–Trinajstić information content (AvgIpc) is 3.16. The first kappa shape index (κ1) is 19.6. The minimum atomic E-state index is -0.713. The molecule has 3 aliphatic rings. The Morgan fingerprint density at radius 3 is 2.92 bits per heavy atom. The van der Waals surface area contributed by atoms with Crippen LogP contribution in [0.5, 0.6) is 0 Å². The second-order valence-corrected chi connectivity index (χ2v) is 8.41. The summed E-state index contributed by atoms with van der Waals surface area (Å²) in [5.74, 6) is -0.225. The molecule has 0 aromatic carbocycles. The van der Waals surface area contributed by atoms with Gasteiger partial charge in [0.05, 0.1) is 23.7 Å². The van der Waals surface area contributed by atoms with Crippen molar-refractivity contribution in [1.29, 1.82) is 0 Å². The topological polar surface area (TPSA) is 66.8 Å². The van der Waals surface area contributed by atoms with E-state index in [1.807, 2.05) is 6.08 Å². The highest BCUT2D eigenvalue weighted by Crippen LogP contribution is 2.54. The molecule has 0 bridgehead atoms. The molecule has 2 unspecified atom stereocenters. The first-order chi connectivity index (χ1) is 12.6. The van der Waals surface area contributed by atoms with Crippen LogP contribution in [0.2, 0.25) is 0 Å². The highest BCUT2D eigenvalue weighted by molar-refractivity contribution is 5.75. The van der Waals surface area contributed by atoms with Crippen molar-refractivity contribution in [3.63, 3.8) is 0 Å². The van der Waals surface area contributed by atoms with Gasteiger partial charge in [-0.2, -0.15) is 0 Å². The Kier molecular flexibility index (Phi) is 6.57. The van der Waals surface area contributed by atoms with Crippen molar-refractivity contribution in [2.24, 2.45) is 17.8 Å². The molecule has 4 heteroatoms. The van der Waals surface area contributed by atoms with Crippen LogP contribution in [-0.2, 0) is 9.53 Å². The molecular weight excluding hydrogens is 328 g/mol. The van der Waals surface area contributed by atoms with Crippen molar-refractivity contribution in [2.45, 2.75) is 88.9 Å². The van der Waals surface area contributed by atoms with E-state index in [0.29, 0.717) is 18.3 Å². The molecule has 2 aliphatic carbocycles. The number of hydrogen-bond acceptors (Lipinski definition) is 3. The fraction of sp³-hybridized carbons (Fsp3) is 0.773. The molecule has 3 rings (SSSR count). The van der Waals surface area contributed by atoms with Gasteiger partial charge in [0, 0.05) is 0 Å². The van der Waals surface area contributed by atoms with E-state index in [1.165, 1.54) is 12.8 Å². The average molecular weight is 363 g/mol. The number of hydrogen-bond donors (Lipinski definition) is 2. The molecule has 0 amide bonds. The summed E-state index contributed by atoms with van der Waals surface area (Å²) >= 11 is 0. The monoisotopic (exact) mass is 362 g/mol. The van der Waals surface area contributed by atoms with Crippen LogP contribution < -0.4 is 0 Å². The van der Waals surface area contributed by atoms with Crippen LogP contribution in [0, 0.1) is 17.8 Å². The third-order valence-corrected chi connectivity index (χ3v) is 6.51. The normalized spacial score (nSPS) is 37.9. The minimum absolute atomic E-state index is 0.147. The molecule has 4 nitrogen and oxygen atoms in total. The predicted octanol–water partition coefficient (Wildman–Crippen LogP) is 4.48. The van der Waals surface area contributed by atoms with Crippen LogP contribution in [-0.4, -0.2) is 34.0 Å². The zero-order valence-electron chi connectivity index (χ0n) is 16.0. The largest absolute Gasteiger partial charge is 0.481 e. The fourth-order valence-corrected chi connectivity index (χ4v) is 4.81. The zero-order chi connectivity index (χ0) is 18.6. The molecule has 0 aromatic rings. The molecule has 0 radical (unpaired) electrons. The van der Waals surface area contributed by atoms with Gasteiger partial charge < -0.3 is 14.9 Å². The second-order valence-electron chi connectivity index (χ2n) is 8.41. The Balaban J connectivity index is 1.61. The molecule has 2 fully saturated rings. The van der Waals surface area contributed by atoms with E-state index in [2.05, 4.69) is 25.2 Å². The maximum atomic E-state index is 11.4. The Hall–Kier alpha value is -1.13. The van der Waals surface area contributed by atoms with Crippen molar-refractivity contribution in [2.75, 3.05) is 0 Å². The first-order valence-electron chi connectivity index (χ1n) is 10.5. The van der Waals surface area contributed by atoms with Crippen molar-refractivity contribution in [3.05, 3.63) is 24.3 Å². The van der Waals surface area contributed by atoms with Crippen LogP contribution in [0.4, 0.5) is 0 Å². The lowest BCUT2D eigenvalue weighted by atomic mass is 9.90. The van der Waals surface area contributed by atoms with Gasteiger partial charge in [0.15, 0.2) is 0 Å². The number of carbonyl (C=O) groups is 1. The number of unbranched alkanes of at least 4 members (excludes halogenated alkanes) is 2. The van der Waals surface area contributed by atoms with E-state index in [0.717, 1.165) is 44.9 Å². The van der Waals surface area contributed by atoms with Gasteiger partial charge in [-0.25, -0.2) is 0 Å². The Bertz CT molecular complexity index is 540. The van der Waals surface area contributed by atoms with Crippen LogP contribution in [0.25, 0.3) is 0 Å². The van der Waals surface area contributed by atoms with Crippen molar-refractivity contribution in [1.82, 2.24) is 0 Å². The summed E-state index contributed by atoms with van der Waals surface area (Å²) in [6.07, 6.45) is 18.1. The van der Waals surface area contributed by atoms with Gasteiger partial charge in [-0.05, 0) is 56.8 Å². The van der Waals surface area contributed by atoms with E-state index in [1.54, 1.807) is 0 Å². The van der Waals surface area contributed by atoms with Crippen molar-refractivity contribution < 1.29 is 19.7 Å². The molecule has 1 spiro atoms. The van der Waals surface area contributed by atoms with Gasteiger partial charge in [-0.3, -0.25) is 4.79 Å². The number of carboxylic acid groups (broad SMARTS) is 1. The predicted molar refractivity (Wildman–Crippen MR) is 102 cm³/mol. The number of carboxylic acids is 1. The summed E-state index contributed by atoms with van der Waals surface area (Å²) in [7, 11) is 0.